The van der Waals surface area contributed by atoms with Crippen LogP contribution in [0.3, 0.4) is 0 Å². The SMILES string of the molecule is CCCCCCCCCCCCCCCCCC(=O)OCC1(COC(=O)CCC(=O)O)COC(CCCCCCCCCCCCCCCCC)=N1. The van der Waals surface area contributed by atoms with E-state index in [0.29, 0.717) is 18.7 Å². The van der Waals surface area contributed by atoms with Crippen molar-refractivity contribution < 1.29 is 33.7 Å². The summed E-state index contributed by atoms with van der Waals surface area (Å²) in [4.78, 5) is 40.4. The smallest absolute Gasteiger partial charge is 0.306 e. The summed E-state index contributed by atoms with van der Waals surface area (Å²) >= 11 is 0. The summed E-state index contributed by atoms with van der Waals surface area (Å²) in [6.07, 6.45) is 39.3. The number of rotatable bonds is 39. The molecular formula is C44H81NO7. The molecule has 0 amide bonds. The minimum atomic E-state index is -1.05. The van der Waals surface area contributed by atoms with Crippen molar-refractivity contribution >= 4 is 23.8 Å². The number of carbonyl (C=O) groups excluding carboxylic acids is 2. The molecule has 1 N–H and O–H groups in total. The molecule has 1 unspecified atom stereocenters. The lowest BCUT2D eigenvalue weighted by Gasteiger charge is -2.23. The Kier molecular flexibility index (Phi) is 31.9. The third kappa shape index (κ3) is 29.3. The lowest BCUT2D eigenvalue weighted by molar-refractivity contribution is -0.152. The van der Waals surface area contributed by atoms with Crippen molar-refractivity contribution in [1.82, 2.24) is 0 Å². The highest BCUT2D eigenvalue weighted by Crippen LogP contribution is 2.24. The number of ether oxygens (including phenoxy) is 3. The highest BCUT2D eigenvalue weighted by molar-refractivity contribution is 5.79. The molecule has 0 saturated heterocycles. The van der Waals surface area contributed by atoms with Crippen LogP contribution >= 0.6 is 0 Å². The number of nitrogens with zero attached hydrogens (tertiary/aromatic N) is 1. The monoisotopic (exact) mass is 736 g/mol. The number of carboxylic acid groups (broad SMARTS) is 1. The lowest BCUT2D eigenvalue weighted by Crippen LogP contribution is -2.41. The van der Waals surface area contributed by atoms with Crippen LogP contribution in [0.25, 0.3) is 0 Å². The first-order valence-electron chi connectivity index (χ1n) is 22.2. The highest BCUT2D eigenvalue weighted by atomic mass is 16.6. The summed E-state index contributed by atoms with van der Waals surface area (Å²) in [5.41, 5.74) is -0.978. The topological polar surface area (TPSA) is 111 Å². The molecule has 1 rings (SSSR count). The second kappa shape index (κ2) is 34.6. The van der Waals surface area contributed by atoms with E-state index in [0.717, 1.165) is 32.1 Å². The van der Waals surface area contributed by atoms with E-state index in [2.05, 4.69) is 13.8 Å². The quantitative estimate of drug-likeness (QED) is 0.0494. The van der Waals surface area contributed by atoms with Crippen molar-refractivity contribution in [3.05, 3.63) is 0 Å². The third-order valence-corrected chi connectivity index (χ3v) is 10.4. The first-order valence-corrected chi connectivity index (χ1v) is 22.2. The summed E-state index contributed by atoms with van der Waals surface area (Å²) in [7, 11) is 0. The van der Waals surface area contributed by atoms with Crippen LogP contribution in [0.1, 0.15) is 232 Å². The number of unbranched alkanes of at least 4 members (excludes halogenated alkanes) is 28. The Morgan fingerprint density at radius 3 is 1.25 bits per heavy atom. The molecule has 1 atom stereocenters. The van der Waals surface area contributed by atoms with E-state index in [4.69, 9.17) is 24.3 Å². The maximum atomic E-state index is 12.6. The summed E-state index contributed by atoms with van der Waals surface area (Å²) < 4.78 is 17.0. The summed E-state index contributed by atoms with van der Waals surface area (Å²) in [5, 5.41) is 8.90. The lowest BCUT2D eigenvalue weighted by atomic mass is 10.0. The average Bonchev–Trinajstić information content (AvgIpc) is 3.55. The first-order chi connectivity index (χ1) is 25.4. The van der Waals surface area contributed by atoms with Crippen molar-refractivity contribution in [1.29, 1.82) is 0 Å². The minimum absolute atomic E-state index is 0.0147. The van der Waals surface area contributed by atoms with Gasteiger partial charge in [0.15, 0.2) is 11.4 Å². The molecule has 0 bridgehead atoms. The summed E-state index contributed by atoms with van der Waals surface area (Å²) in [6.45, 7) is 4.60. The summed E-state index contributed by atoms with van der Waals surface area (Å²) in [5.74, 6) is -1.29. The fourth-order valence-corrected chi connectivity index (χ4v) is 6.94. The number of hydrogen-bond donors (Lipinski definition) is 1. The van der Waals surface area contributed by atoms with Crippen LogP contribution in [0.2, 0.25) is 0 Å². The molecule has 1 aliphatic rings. The number of esters is 2. The molecule has 0 fully saturated rings. The minimum Gasteiger partial charge on any atom is -0.481 e. The highest BCUT2D eigenvalue weighted by Gasteiger charge is 2.40. The van der Waals surface area contributed by atoms with Gasteiger partial charge in [0.05, 0.1) is 12.8 Å². The van der Waals surface area contributed by atoms with Gasteiger partial charge < -0.3 is 19.3 Å². The fraction of sp³-hybridized carbons (Fsp3) is 0.909. The van der Waals surface area contributed by atoms with Gasteiger partial charge in [0.25, 0.3) is 0 Å². The molecule has 0 aromatic rings. The zero-order valence-electron chi connectivity index (χ0n) is 34.0. The van der Waals surface area contributed by atoms with E-state index >= 15 is 0 Å². The Labute approximate surface area is 319 Å². The van der Waals surface area contributed by atoms with Crippen molar-refractivity contribution in [3.8, 4) is 0 Å². The van der Waals surface area contributed by atoms with Gasteiger partial charge in [-0.2, -0.15) is 0 Å². The Morgan fingerprint density at radius 1 is 0.519 bits per heavy atom. The normalized spacial score (nSPS) is 15.4. The van der Waals surface area contributed by atoms with Crippen LogP contribution in [0.4, 0.5) is 0 Å². The van der Waals surface area contributed by atoms with E-state index in [1.54, 1.807) is 0 Å². The number of aliphatic imine (C=N–C) groups is 1. The molecule has 0 aliphatic carbocycles. The van der Waals surface area contributed by atoms with Crippen molar-refractivity contribution in [3.63, 3.8) is 0 Å². The van der Waals surface area contributed by atoms with Gasteiger partial charge in [-0.3, -0.25) is 14.4 Å². The van der Waals surface area contributed by atoms with Gasteiger partial charge >= 0.3 is 17.9 Å². The van der Waals surface area contributed by atoms with E-state index in [1.165, 1.54) is 161 Å². The second-order valence-corrected chi connectivity index (χ2v) is 15.6. The second-order valence-electron chi connectivity index (χ2n) is 15.6. The zero-order valence-corrected chi connectivity index (χ0v) is 34.0. The van der Waals surface area contributed by atoms with Crippen LogP contribution < -0.4 is 0 Å². The van der Waals surface area contributed by atoms with E-state index in [1.807, 2.05) is 0 Å². The molecule has 0 aromatic heterocycles. The number of carboxylic acids is 1. The predicted octanol–water partition coefficient (Wildman–Crippen LogP) is 12.6. The van der Waals surface area contributed by atoms with Gasteiger partial charge in [0.2, 0.25) is 0 Å². The molecule has 0 aromatic carbocycles. The molecular weight excluding hydrogens is 654 g/mol. The fourth-order valence-electron chi connectivity index (χ4n) is 6.94. The van der Waals surface area contributed by atoms with Gasteiger partial charge in [0, 0.05) is 12.8 Å². The predicted molar refractivity (Wildman–Crippen MR) is 214 cm³/mol. The Bertz CT molecular complexity index is 907. The van der Waals surface area contributed by atoms with Gasteiger partial charge in [-0.05, 0) is 12.8 Å². The van der Waals surface area contributed by atoms with E-state index in [9.17, 15) is 14.4 Å². The van der Waals surface area contributed by atoms with Gasteiger partial charge in [-0.1, -0.05) is 194 Å². The van der Waals surface area contributed by atoms with Crippen molar-refractivity contribution in [2.24, 2.45) is 4.99 Å². The van der Waals surface area contributed by atoms with Crippen molar-refractivity contribution in [2.75, 3.05) is 19.8 Å². The van der Waals surface area contributed by atoms with Crippen LogP contribution in [0.15, 0.2) is 4.99 Å². The standard InChI is InChI=1S/C44H81NO7/c1-3-5-7-9-11-13-15-17-19-21-23-25-27-29-31-33-40-45-44(37-50-40,39-52-43(49)36-35-41(46)47)38-51-42(48)34-32-30-28-26-24-22-20-18-16-14-12-10-8-6-4-2/h3-39H2,1-2H3,(H,46,47). The molecule has 52 heavy (non-hydrogen) atoms. The molecule has 8 nitrogen and oxygen atoms in total. The van der Waals surface area contributed by atoms with Gasteiger partial charge in [-0.25, -0.2) is 4.99 Å². The van der Waals surface area contributed by atoms with Crippen LogP contribution in [-0.2, 0) is 28.6 Å². The molecule has 0 spiro atoms. The Balaban J connectivity index is 2.25. The maximum Gasteiger partial charge on any atom is 0.306 e. The zero-order chi connectivity index (χ0) is 37.8. The first kappa shape index (κ1) is 47.9. The average molecular weight is 736 g/mol. The van der Waals surface area contributed by atoms with Crippen molar-refractivity contribution in [2.45, 2.75) is 238 Å². The Morgan fingerprint density at radius 2 is 0.865 bits per heavy atom. The third-order valence-electron chi connectivity index (χ3n) is 10.4. The molecule has 0 radical (unpaired) electrons. The molecule has 304 valence electrons. The molecule has 0 saturated carbocycles. The number of hydrogen-bond acceptors (Lipinski definition) is 7. The van der Waals surface area contributed by atoms with E-state index < -0.39 is 17.5 Å². The van der Waals surface area contributed by atoms with Crippen LogP contribution in [-0.4, -0.2) is 54.3 Å². The molecule has 1 aliphatic heterocycles. The number of aliphatic carboxylic acids is 1. The van der Waals surface area contributed by atoms with Gasteiger partial charge in [-0.15, -0.1) is 0 Å². The van der Waals surface area contributed by atoms with E-state index in [-0.39, 0.29) is 38.6 Å². The van der Waals surface area contributed by atoms with Crippen LogP contribution in [0.5, 0.6) is 0 Å². The Hall–Kier alpha value is -2.12. The molecule has 1 heterocycles. The van der Waals surface area contributed by atoms with Crippen LogP contribution in [0, 0.1) is 0 Å². The summed E-state index contributed by atoms with van der Waals surface area (Å²) in [6, 6.07) is 0. The number of carbonyl (C=O) groups is 3. The largest absolute Gasteiger partial charge is 0.481 e. The van der Waals surface area contributed by atoms with Gasteiger partial charge in [0.1, 0.15) is 19.8 Å². The maximum absolute atomic E-state index is 12.6. The molecule has 8 heteroatoms.